The molecule has 1 unspecified atom stereocenters. The zero-order valence-corrected chi connectivity index (χ0v) is 19.1. The van der Waals surface area contributed by atoms with Crippen LogP contribution in [0.1, 0.15) is 42.8 Å². The van der Waals surface area contributed by atoms with Crippen LogP contribution in [0, 0.1) is 0 Å². The molecule has 2 aromatic carbocycles. The number of methoxy groups -OCH3 is 1. The van der Waals surface area contributed by atoms with Gasteiger partial charge in [0.2, 0.25) is 0 Å². The van der Waals surface area contributed by atoms with Crippen molar-refractivity contribution in [1.82, 2.24) is 25.1 Å². The highest BCUT2D eigenvalue weighted by atomic mass is 16.5. The predicted molar refractivity (Wildman–Crippen MR) is 127 cm³/mol. The average molecular weight is 445 g/mol. The van der Waals surface area contributed by atoms with Crippen LogP contribution in [0.2, 0.25) is 0 Å². The van der Waals surface area contributed by atoms with E-state index in [1.54, 1.807) is 11.8 Å². The second kappa shape index (κ2) is 8.27. The zero-order chi connectivity index (χ0) is 23.0. The number of hydrogen-bond donors (Lipinski definition) is 3. The highest BCUT2D eigenvalue weighted by Gasteiger charge is 2.33. The predicted octanol–water partition coefficient (Wildman–Crippen LogP) is 4.46. The number of rotatable bonds is 7. The first-order chi connectivity index (χ1) is 15.9. The number of carbonyl (C=O) groups is 1. The molecule has 3 N–H and O–H groups in total. The summed E-state index contributed by atoms with van der Waals surface area (Å²) in [5.41, 5.74) is 3.09. The number of urea groups is 1. The molecule has 4 aromatic rings. The first kappa shape index (κ1) is 21.1. The van der Waals surface area contributed by atoms with Crippen molar-refractivity contribution in [3.05, 3.63) is 71.7 Å². The van der Waals surface area contributed by atoms with Crippen molar-refractivity contribution in [1.29, 1.82) is 0 Å². The normalized spacial score (nSPS) is 15.2. The molecular formula is C25H28N6O2. The monoisotopic (exact) mass is 444 g/mol. The van der Waals surface area contributed by atoms with Crippen LogP contribution in [0.4, 0.5) is 10.6 Å². The van der Waals surface area contributed by atoms with Crippen molar-refractivity contribution >= 4 is 22.9 Å². The number of anilines is 1. The third kappa shape index (κ3) is 4.41. The summed E-state index contributed by atoms with van der Waals surface area (Å²) in [5.74, 6) is 2.67. The van der Waals surface area contributed by atoms with Crippen LogP contribution in [0.25, 0.3) is 11.0 Å². The van der Waals surface area contributed by atoms with Gasteiger partial charge in [-0.15, -0.1) is 0 Å². The summed E-state index contributed by atoms with van der Waals surface area (Å²) >= 11 is 0. The van der Waals surface area contributed by atoms with Gasteiger partial charge in [0.15, 0.2) is 0 Å². The Kier molecular flexibility index (Phi) is 5.28. The van der Waals surface area contributed by atoms with E-state index in [1.807, 2.05) is 68.6 Å². The van der Waals surface area contributed by atoms with E-state index in [9.17, 15) is 4.79 Å². The van der Waals surface area contributed by atoms with Gasteiger partial charge in [0.05, 0.1) is 23.8 Å². The zero-order valence-electron chi connectivity index (χ0n) is 19.1. The number of fused-ring (bicyclic) bond motifs is 1. The summed E-state index contributed by atoms with van der Waals surface area (Å²) in [4.78, 5) is 21.3. The molecule has 1 fully saturated rings. The largest absolute Gasteiger partial charge is 0.497 e. The van der Waals surface area contributed by atoms with Crippen LogP contribution in [-0.2, 0) is 19.0 Å². The molecule has 2 heterocycles. The molecule has 2 amide bonds. The van der Waals surface area contributed by atoms with Gasteiger partial charge in [0.1, 0.15) is 22.9 Å². The molecule has 5 rings (SSSR count). The lowest BCUT2D eigenvalue weighted by atomic mass is 9.92. The van der Waals surface area contributed by atoms with E-state index in [-0.39, 0.29) is 6.03 Å². The van der Waals surface area contributed by atoms with Crippen LogP contribution in [-0.4, -0.2) is 32.9 Å². The highest BCUT2D eigenvalue weighted by Crippen LogP contribution is 2.40. The minimum absolute atomic E-state index is 0.309. The number of aromatic nitrogens is 4. The number of amides is 2. The minimum atomic E-state index is -0.782. The molecule has 33 heavy (non-hydrogen) atoms. The van der Waals surface area contributed by atoms with Crippen molar-refractivity contribution < 1.29 is 9.53 Å². The lowest BCUT2D eigenvalue weighted by molar-refractivity contribution is 0.237. The van der Waals surface area contributed by atoms with Crippen molar-refractivity contribution in [2.45, 2.75) is 37.6 Å². The molecule has 2 aromatic heterocycles. The third-order valence-electron chi connectivity index (χ3n) is 6.15. The van der Waals surface area contributed by atoms with E-state index in [1.165, 1.54) is 0 Å². The number of aryl methyl sites for hydroxylation is 1. The van der Waals surface area contributed by atoms with E-state index < -0.39 is 5.54 Å². The highest BCUT2D eigenvalue weighted by molar-refractivity contribution is 5.89. The number of hydrogen-bond acceptors (Lipinski definition) is 4. The quantitative estimate of drug-likeness (QED) is 0.392. The molecule has 1 atom stereocenters. The second-order valence-corrected chi connectivity index (χ2v) is 8.89. The van der Waals surface area contributed by atoms with E-state index in [0.29, 0.717) is 24.0 Å². The topological polar surface area (TPSA) is 96.9 Å². The van der Waals surface area contributed by atoms with Crippen molar-refractivity contribution in [2.75, 3.05) is 12.4 Å². The van der Waals surface area contributed by atoms with E-state index in [0.717, 1.165) is 40.9 Å². The van der Waals surface area contributed by atoms with Crippen LogP contribution < -0.4 is 15.4 Å². The van der Waals surface area contributed by atoms with E-state index >= 15 is 0 Å². The SMILES string of the molecule is COc1ccc(CC(C)(NC(=O)Nc2cc(C3CC3)nn2C)c2nc3ccccc3[nH]2)cc1. The number of nitrogens with one attached hydrogen (secondary N) is 3. The molecule has 8 nitrogen and oxygen atoms in total. The Balaban J connectivity index is 1.42. The van der Waals surface area contributed by atoms with Gasteiger partial charge in [0.25, 0.3) is 0 Å². The maximum absolute atomic E-state index is 13.1. The summed E-state index contributed by atoms with van der Waals surface area (Å²) in [7, 11) is 3.49. The Morgan fingerprint density at radius 3 is 2.67 bits per heavy atom. The molecule has 0 radical (unpaired) electrons. The minimum Gasteiger partial charge on any atom is -0.497 e. The molecule has 0 aliphatic heterocycles. The van der Waals surface area contributed by atoms with Crippen molar-refractivity contribution in [3.8, 4) is 5.75 Å². The molecular weight excluding hydrogens is 416 g/mol. The molecule has 8 heteroatoms. The van der Waals surface area contributed by atoms with Crippen LogP contribution in [0.15, 0.2) is 54.6 Å². The molecule has 1 aliphatic carbocycles. The number of H-pyrrole nitrogens is 1. The van der Waals surface area contributed by atoms with Crippen LogP contribution in [0.5, 0.6) is 5.75 Å². The van der Waals surface area contributed by atoms with Gasteiger partial charge in [-0.1, -0.05) is 24.3 Å². The van der Waals surface area contributed by atoms with Gasteiger partial charge in [-0.25, -0.2) is 9.78 Å². The molecule has 1 saturated carbocycles. The third-order valence-corrected chi connectivity index (χ3v) is 6.15. The summed E-state index contributed by atoms with van der Waals surface area (Å²) in [5, 5.41) is 10.7. The maximum atomic E-state index is 13.1. The van der Waals surface area contributed by atoms with Gasteiger partial charge >= 0.3 is 6.03 Å². The Hall–Kier alpha value is -3.81. The fourth-order valence-electron chi connectivity index (χ4n) is 4.14. The van der Waals surface area contributed by atoms with Crippen LogP contribution >= 0.6 is 0 Å². The number of nitrogens with zero attached hydrogens (tertiary/aromatic N) is 3. The fraction of sp³-hybridized carbons (Fsp3) is 0.320. The summed E-state index contributed by atoms with van der Waals surface area (Å²) in [6.45, 7) is 1.98. The van der Waals surface area contributed by atoms with Gasteiger partial charge in [-0.3, -0.25) is 10.00 Å². The molecule has 170 valence electrons. The second-order valence-electron chi connectivity index (χ2n) is 8.89. The fourth-order valence-corrected chi connectivity index (χ4v) is 4.14. The number of ether oxygens (including phenoxy) is 1. The van der Waals surface area contributed by atoms with Gasteiger partial charge in [-0.05, 0) is 49.6 Å². The standard InChI is InChI=1S/C25H28N6O2/c1-25(15-16-8-12-18(33-3)13-9-16,23-26-19-6-4-5-7-20(19)27-23)29-24(32)28-22-14-21(17-10-11-17)30-31(22)2/h4-9,12-14,17H,10-11,15H2,1-3H3,(H,26,27)(H2,28,29,32). The summed E-state index contributed by atoms with van der Waals surface area (Å²) in [6.07, 6.45) is 2.87. The molecule has 0 spiro atoms. The summed E-state index contributed by atoms with van der Waals surface area (Å²) in [6, 6.07) is 17.3. The number of benzene rings is 2. The number of imidazole rings is 1. The first-order valence-electron chi connectivity index (χ1n) is 11.1. The Bertz CT molecular complexity index is 1250. The first-order valence-corrected chi connectivity index (χ1v) is 11.1. The van der Waals surface area contributed by atoms with Gasteiger partial charge in [0, 0.05) is 25.5 Å². The van der Waals surface area contributed by atoms with Crippen molar-refractivity contribution in [3.63, 3.8) is 0 Å². The van der Waals surface area contributed by atoms with Crippen LogP contribution in [0.3, 0.4) is 0 Å². The lowest BCUT2D eigenvalue weighted by Crippen LogP contribution is -2.48. The molecule has 0 bridgehead atoms. The van der Waals surface area contributed by atoms with E-state index in [4.69, 9.17) is 9.72 Å². The lowest BCUT2D eigenvalue weighted by Gasteiger charge is -2.29. The maximum Gasteiger partial charge on any atom is 0.321 e. The Morgan fingerprint density at radius 2 is 1.97 bits per heavy atom. The summed E-state index contributed by atoms with van der Waals surface area (Å²) < 4.78 is 7.00. The Labute approximate surface area is 192 Å². The Morgan fingerprint density at radius 1 is 1.21 bits per heavy atom. The number of aromatic amines is 1. The van der Waals surface area contributed by atoms with Crippen molar-refractivity contribution in [2.24, 2.45) is 7.05 Å². The van der Waals surface area contributed by atoms with E-state index in [2.05, 4.69) is 20.7 Å². The van der Waals surface area contributed by atoms with Gasteiger partial charge in [-0.2, -0.15) is 5.10 Å². The smallest absolute Gasteiger partial charge is 0.321 e. The molecule has 1 aliphatic rings. The number of carbonyl (C=O) groups excluding carboxylic acids is 1. The average Bonchev–Trinajstić information content (AvgIpc) is 3.45. The number of para-hydroxylation sites is 2. The van der Waals surface area contributed by atoms with Gasteiger partial charge < -0.3 is 15.0 Å². The molecule has 0 saturated heterocycles.